The van der Waals surface area contributed by atoms with E-state index in [0.717, 1.165) is 0 Å². The third kappa shape index (κ3) is 4.10. The zero-order valence-corrected chi connectivity index (χ0v) is 13.2. The van der Waals surface area contributed by atoms with E-state index >= 15 is 0 Å². The van der Waals surface area contributed by atoms with Crippen molar-refractivity contribution < 1.29 is 19.2 Å². The number of likely N-dealkylation sites (tertiary alicyclic amines) is 1. The van der Waals surface area contributed by atoms with Gasteiger partial charge in [0.05, 0.1) is 18.0 Å². The average Bonchev–Trinajstić information content (AvgIpc) is 2.89. The molecule has 0 saturated carbocycles. The topological polar surface area (TPSA) is 102 Å². The van der Waals surface area contributed by atoms with Crippen molar-refractivity contribution in [2.75, 3.05) is 32.1 Å². The number of hydrogen-bond acceptors (Lipinski definition) is 6. The third-order valence-electron chi connectivity index (χ3n) is 3.60. The summed E-state index contributed by atoms with van der Waals surface area (Å²) in [7, 11) is 1.29. The number of carbonyl (C=O) groups excluding carboxylic acids is 2. The minimum Gasteiger partial charge on any atom is -0.469 e. The molecule has 1 amide bonds. The van der Waals surface area contributed by atoms with Gasteiger partial charge in [0.25, 0.3) is 5.69 Å². The molecule has 1 saturated heterocycles. The number of amides is 1. The number of hydrogen-bond donors (Lipinski definition) is 1. The van der Waals surface area contributed by atoms with E-state index in [0.29, 0.717) is 25.3 Å². The van der Waals surface area contributed by atoms with Crippen molar-refractivity contribution in [3.8, 4) is 0 Å². The number of esters is 1. The Morgan fingerprint density at radius 1 is 1.57 bits per heavy atom. The maximum absolute atomic E-state index is 11.8. The molecule has 9 heteroatoms. The van der Waals surface area contributed by atoms with Crippen LogP contribution in [-0.4, -0.2) is 48.4 Å². The molecule has 0 radical (unpaired) electrons. The fourth-order valence-electron chi connectivity index (χ4n) is 2.44. The van der Waals surface area contributed by atoms with Crippen molar-refractivity contribution in [2.45, 2.75) is 6.42 Å². The molecular weight excluding hydrogens is 326 g/mol. The van der Waals surface area contributed by atoms with Crippen LogP contribution in [-0.2, 0) is 14.3 Å². The van der Waals surface area contributed by atoms with Gasteiger partial charge >= 0.3 is 5.97 Å². The molecule has 1 aliphatic heterocycles. The van der Waals surface area contributed by atoms with Crippen LogP contribution >= 0.6 is 11.6 Å². The van der Waals surface area contributed by atoms with E-state index in [9.17, 15) is 19.7 Å². The number of anilines is 1. The van der Waals surface area contributed by atoms with Crippen LogP contribution in [0.3, 0.4) is 0 Å². The SMILES string of the molecule is COC(=O)[C@H]1CC(=O)N(CCNc2ccc(Cl)cc2[N+](=O)[O-])C1. The number of nitrogens with one attached hydrogen (secondary N) is 1. The molecule has 124 valence electrons. The number of ether oxygens (including phenoxy) is 1. The number of nitrogens with zero attached hydrogens (tertiary/aromatic N) is 2. The van der Waals surface area contributed by atoms with Crippen molar-refractivity contribution in [3.05, 3.63) is 33.3 Å². The summed E-state index contributed by atoms with van der Waals surface area (Å²) >= 11 is 5.75. The largest absolute Gasteiger partial charge is 0.469 e. The molecule has 1 fully saturated rings. The summed E-state index contributed by atoms with van der Waals surface area (Å²) in [6.45, 7) is 0.962. The van der Waals surface area contributed by atoms with Gasteiger partial charge in [-0.1, -0.05) is 11.6 Å². The van der Waals surface area contributed by atoms with E-state index < -0.39 is 16.8 Å². The average molecular weight is 342 g/mol. The molecule has 0 bridgehead atoms. The van der Waals surface area contributed by atoms with Crippen molar-refractivity contribution >= 4 is 34.9 Å². The van der Waals surface area contributed by atoms with Crippen molar-refractivity contribution in [2.24, 2.45) is 5.92 Å². The first kappa shape index (κ1) is 17.0. The fourth-order valence-corrected chi connectivity index (χ4v) is 2.61. The Morgan fingerprint density at radius 3 is 2.96 bits per heavy atom. The molecule has 0 unspecified atom stereocenters. The summed E-state index contributed by atoms with van der Waals surface area (Å²) in [5, 5.41) is 14.2. The summed E-state index contributed by atoms with van der Waals surface area (Å²) < 4.78 is 4.64. The van der Waals surface area contributed by atoms with Crippen LogP contribution in [0.4, 0.5) is 11.4 Å². The summed E-state index contributed by atoms with van der Waals surface area (Å²) in [6.07, 6.45) is 0.133. The molecule has 23 heavy (non-hydrogen) atoms. The minimum atomic E-state index is -0.525. The first-order chi connectivity index (χ1) is 10.9. The van der Waals surface area contributed by atoms with E-state index in [1.807, 2.05) is 0 Å². The Bertz CT molecular complexity index is 637. The Balaban J connectivity index is 1.92. The second kappa shape index (κ2) is 7.28. The molecule has 2 rings (SSSR count). The van der Waals surface area contributed by atoms with Crippen molar-refractivity contribution in [3.63, 3.8) is 0 Å². The first-order valence-corrected chi connectivity index (χ1v) is 7.33. The number of carbonyl (C=O) groups is 2. The number of halogens is 1. The summed E-state index contributed by atoms with van der Waals surface area (Å²) in [5.41, 5.74) is 0.202. The number of rotatable bonds is 6. The highest BCUT2D eigenvalue weighted by Crippen LogP contribution is 2.27. The maximum Gasteiger partial charge on any atom is 0.310 e. The van der Waals surface area contributed by atoms with E-state index in [-0.39, 0.29) is 23.0 Å². The lowest BCUT2D eigenvalue weighted by molar-refractivity contribution is -0.383. The quantitative estimate of drug-likeness (QED) is 0.480. The van der Waals surface area contributed by atoms with Crippen LogP contribution in [0.15, 0.2) is 18.2 Å². The molecule has 0 aromatic heterocycles. The van der Waals surface area contributed by atoms with Gasteiger partial charge in [0.2, 0.25) is 5.91 Å². The molecule has 1 aromatic rings. The van der Waals surface area contributed by atoms with E-state index in [1.165, 1.54) is 24.1 Å². The second-order valence-corrected chi connectivity index (χ2v) is 5.55. The van der Waals surface area contributed by atoms with Gasteiger partial charge in [0, 0.05) is 37.1 Å². The Morgan fingerprint density at radius 2 is 2.30 bits per heavy atom. The minimum absolute atomic E-state index is 0.127. The predicted octanol–water partition coefficient (Wildman–Crippen LogP) is 1.68. The van der Waals surface area contributed by atoms with Gasteiger partial charge in [0.15, 0.2) is 0 Å². The lowest BCUT2D eigenvalue weighted by Crippen LogP contribution is -2.31. The van der Waals surface area contributed by atoms with Crippen LogP contribution in [0.25, 0.3) is 0 Å². The Hall–Kier alpha value is -2.35. The number of nitro groups is 1. The van der Waals surface area contributed by atoms with Gasteiger partial charge in [0.1, 0.15) is 5.69 Å². The normalized spacial score (nSPS) is 17.2. The highest BCUT2D eigenvalue weighted by atomic mass is 35.5. The Kier molecular flexibility index (Phi) is 5.38. The van der Waals surface area contributed by atoms with Crippen molar-refractivity contribution in [1.82, 2.24) is 4.90 Å². The van der Waals surface area contributed by atoms with E-state index in [2.05, 4.69) is 10.1 Å². The summed E-state index contributed by atoms with van der Waals surface area (Å²) in [5.74, 6) is -0.979. The molecule has 1 aliphatic rings. The summed E-state index contributed by atoms with van der Waals surface area (Å²) in [4.78, 5) is 35.3. The second-order valence-electron chi connectivity index (χ2n) is 5.11. The number of methoxy groups -OCH3 is 1. The third-order valence-corrected chi connectivity index (χ3v) is 3.84. The standard InChI is InChI=1S/C14H16ClN3O5/c1-23-14(20)9-6-13(19)17(8-9)5-4-16-11-3-2-10(15)7-12(11)18(21)22/h2-3,7,9,16H,4-6,8H2,1H3/t9-/m0/s1. The molecule has 0 aliphatic carbocycles. The van der Waals surface area contributed by atoms with Gasteiger partial charge in [-0.3, -0.25) is 19.7 Å². The molecule has 1 heterocycles. The van der Waals surface area contributed by atoms with Crippen LogP contribution in [0.2, 0.25) is 5.02 Å². The zero-order valence-electron chi connectivity index (χ0n) is 12.5. The fraction of sp³-hybridized carbons (Fsp3) is 0.429. The predicted molar refractivity (Wildman–Crippen MR) is 83.3 cm³/mol. The molecule has 1 atom stereocenters. The lowest BCUT2D eigenvalue weighted by Gasteiger charge is -2.17. The van der Waals surface area contributed by atoms with Gasteiger partial charge in [-0.15, -0.1) is 0 Å². The van der Waals surface area contributed by atoms with Crippen LogP contribution in [0.5, 0.6) is 0 Å². The first-order valence-electron chi connectivity index (χ1n) is 6.95. The smallest absolute Gasteiger partial charge is 0.310 e. The number of nitro benzene ring substituents is 1. The van der Waals surface area contributed by atoms with Crippen LogP contribution in [0, 0.1) is 16.0 Å². The summed E-state index contributed by atoms with van der Waals surface area (Å²) in [6, 6.07) is 4.33. The molecule has 1 N–H and O–H groups in total. The van der Waals surface area contributed by atoms with E-state index in [4.69, 9.17) is 11.6 Å². The van der Waals surface area contributed by atoms with Crippen LogP contribution < -0.4 is 5.32 Å². The van der Waals surface area contributed by atoms with Gasteiger partial charge in [-0.25, -0.2) is 0 Å². The highest BCUT2D eigenvalue weighted by Gasteiger charge is 2.34. The molecule has 8 nitrogen and oxygen atoms in total. The van der Waals surface area contributed by atoms with Gasteiger partial charge in [-0.2, -0.15) is 0 Å². The zero-order chi connectivity index (χ0) is 17.0. The molecule has 1 aromatic carbocycles. The Labute approximate surface area is 137 Å². The number of benzene rings is 1. The van der Waals surface area contributed by atoms with E-state index in [1.54, 1.807) is 6.07 Å². The van der Waals surface area contributed by atoms with Crippen molar-refractivity contribution in [1.29, 1.82) is 0 Å². The van der Waals surface area contributed by atoms with Gasteiger partial charge in [-0.05, 0) is 12.1 Å². The monoisotopic (exact) mass is 341 g/mol. The van der Waals surface area contributed by atoms with Gasteiger partial charge < -0.3 is 15.0 Å². The maximum atomic E-state index is 11.8. The highest BCUT2D eigenvalue weighted by molar-refractivity contribution is 6.30. The molecular formula is C14H16ClN3O5. The van der Waals surface area contributed by atoms with Crippen LogP contribution in [0.1, 0.15) is 6.42 Å². The lowest BCUT2D eigenvalue weighted by atomic mass is 10.1. The molecule has 0 spiro atoms.